The maximum atomic E-state index is 2.57. The number of nitrogens with zero attached hydrogens (tertiary/aromatic N) is 1. The Morgan fingerprint density at radius 1 is 0.426 bits per heavy atom. The lowest BCUT2D eigenvalue weighted by Gasteiger charge is -2.61. The lowest BCUT2D eigenvalue weighted by atomic mass is 9.43. The van der Waals surface area contributed by atoms with Crippen LogP contribution in [0.1, 0.15) is 43.2 Å². The van der Waals surface area contributed by atoms with E-state index >= 15 is 0 Å². The Morgan fingerprint density at radius 2 is 0.979 bits per heavy atom. The molecule has 0 aromatic heterocycles. The molecule has 0 radical (unpaired) electrons. The summed E-state index contributed by atoms with van der Waals surface area (Å²) in [6.07, 6.45) is 7.05. The van der Waals surface area contributed by atoms with Gasteiger partial charge in [-0.25, -0.2) is 0 Å². The first-order valence-electron chi connectivity index (χ1n) is 17.6. The molecule has 5 aliphatic rings. The van der Waals surface area contributed by atoms with E-state index in [0.717, 1.165) is 23.7 Å². The van der Waals surface area contributed by atoms with Crippen molar-refractivity contribution in [2.24, 2.45) is 23.7 Å². The van der Waals surface area contributed by atoms with Gasteiger partial charge in [-0.1, -0.05) is 127 Å². The second-order valence-electron chi connectivity index (χ2n) is 14.6. The van der Waals surface area contributed by atoms with E-state index in [1.165, 1.54) is 82.5 Å². The van der Waals surface area contributed by atoms with Crippen LogP contribution in [0.5, 0.6) is 0 Å². The zero-order chi connectivity index (χ0) is 31.0. The van der Waals surface area contributed by atoms with Crippen molar-refractivity contribution in [1.82, 2.24) is 0 Å². The average Bonchev–Trinajstić information content (AvgIpc) is 3.43. The minimum absolute atomic E-state index is 0.131. The summed E-state index contributed by atoms with van der Waals surface area (Å²) in [5.74, 6) is 3.33. The second kappa shape index (κ2) is 10.6. The molecule has 0 aliphatic heterocycles. The molecule has 6 aromatic rings. The van der Waals surface area contributed by atoms with E-state index in [9.17, 15) is 0 Å². The summed E-state index contributed by atoms with van der Waals surface area (Å²) in [6, 6.07) is 56.6. The number of anilines is 3. The minimum Gasteiger partial charge on any atom is -0.309 e. The maximum Gasteiger partial charge on any atom is 0.0543 e. The van der Waals surface area contributed by atoms with Crippen LogP contribution in [-0.4, -0.2) is 0 Å². The molecule has 4 fully saturated rings. The predicted molar refractivity (Wildman–Crippen MR) is 195 cm³/mol. The van der Waals surface area contributed by atoms with Crippen molar-refractivity contribution in [3.05, 3.63) is 163 Å². The van der Waals surface area contributed by atoms with Crippen molar-refractivity contribution in [2.75, 3.05) is 4.90 Å². The van der Waals surface area contributed by atoms with Crippen molar-refractivity contribution in [1.29, 1.82) is 0 Å². The highest BCUT2D eigenvalue weighted by Crippen LogP contribution is 2.70. The van der Waals surface area contributed by atoms with Gasteiger partial charge in [0.05, 0.1) is 11.4 Å². The molecule has 0 saturated heterocycles. The first-order valence-corrected chi connectivity index (χ1v) is 17.6. The summed E-state index contributed by atoms with van der Waals surface area (Å²) < 4.78 is 0. The molecule has 4 saturated carbocycles. The van der Waals surface area contributed by atoms with Gasteiger partial charge in [-0.2, -0.15) is 0 Å². The summed E-state index contributed by atoms with van der Waals surface area (Å²) in [6.45, 7) is 0. The van der Waals surface area contributed by atoms with E-state index in [1.54, 1.807) is 11.1 Å². The monoisotopic (exact) mass is 605 g/mol. The fourth-order valence-electron chi connectivity index (χ4n) is 10.8. The average molecular weight is 606 g/mol. The molecule has 5 aliphatic carbocycles. The molecule has 0 unspecified atom stereocenters. The van der Waals surface area contributed by atoms with Crippen molar-refractivity contribution in [3.8, 4) is 33.4 Å². The van der Waals surface area contributed by atoms with E-state index in [4.69, 9.17) is 0 Å². The van der Waals surface area contributed by atoms with Gasteiger partial charge in [0.1, 0.15) is 0 Å². The smallest absolute Gasteiger partial charge is 0.0543 e. The highest BCUT2D eigenvalue weighted by atomic mass is 15.1. The topological polar surface area (TPSA) is 3.24 Å². The summed E-state index contributed by atoms with van der Waals surface area (Å²) in [7, 11) is 0. The molecule has 1 nitrogen and oxygen atoms in total. The van der Waals surface area contributed by atoms with E-state index in [-0.39, 0.29) is 5.41 Å². The first-order chi connectivity index (χ1) is 23.3. The van der Waals surface area contributed by atoms with Crippen molar-refractivity contribution in [2.45, 2.75) is 37.5 Å². The molecule has 47 heavy (non-hydrogen) atoms. The van der Waals surface area contributed by atoms with Crippen LogP contribution >= 0.6 is 0 Å². The Bertz CT molecular complexity index is 2080. The molecule has 0 atom stereocenters. The van der Waals surface area contributed by atoms with Gasteiger partial charge in [0, 0.05) is 22.2 Å². The van der Waals surface area contributed by atoms with Gasteiger partial charge in [-0.3, -0.25) is 0 Å². The fraction of sp³-hybridized carbons (Fsp3) is 0.217. The van der Waals surface area contributed by atoms with Crippen LogP contribution in [0.15, 0.2) is 152 Å². The van der Waals surface area contributed by atoms with Gasteiger partial charge in [-0.15, -0.1) is 0 Å². The zero-order valence-corrected chi connectivity index (χ0v) is 26.7. The number of hydrogen-bond donors (Lipinski definition) is 0. The SMILES string of the molecule is c1ccc(-c2cccc(N(c3ccccc3-c3ccccc3)c3cccc4c3-c3ccccc3C43C4CC5CC(C4)CC3C5)c2)cc1. The molecule has 1 heteroatoms. The molecule has 0 amide bonds. The lowest BCUT2D eigenvalue weighted by molar-refractivity contribution is -0.0399. The fourth-order valence-corrected chi connectivity index (χ4v) is 10.8. The Labute approximate surface area is 278 Å². The maximum absolute atomic E-state index is 2.57. The number of benzene rings is 6. The third-order valence-corrected chi connectivity index (χ3v) is 12.2. The largest absolute Gasteiger partial charge is 0.309 e. The third-order valence-electron chi connectivity index (χ3n) is 12.2. The van der Waals surface area contributed by atoms with Gasteiger partial charge >= 0.3 is 0 Å². The predicted octanol–water partition coefficient (Wildman–Crippen LogP) is 12.2. The molecule has 0 N–H and O–H groups in total. The Balaban J connectivity index is 1.24. The first kappa shape index (κ1) is 27.3. The summed E-state index contributed by atoms with van der Waals surface area (Å²) in [5.41, 5.74) is 14.8. The lowest BCUT2D eigenvalue weighted by Crippen LogP contribution is -2.55. The van der Waals surface area contributed by atoms with Gasteiger partial charge in [-0.05, 0) is 113 Å². The number of fused-ring (bicyclic) bond motifs is 3. The number of para-hydroxylation sites is 1. The van der Waals surface area contributed by atoms with E-state index in [2.05, 4.69) is 157 Å². The molecule has 0 heterocycles. The quantitative estimate of drug-likeness (QED) is 0.189. The van der Waals surface area contributed by atoms with Crippen molar-refractivity contribution >= 4 is 17.1 Å². The van der Waals surface area contributed by atoms with Crippen LogP contribution in [-0.2, 0) is 5.41 Å². The summed E-state index contributed by atoms with van der Waals surface area (Å²) in [4.78, 5) is 2.57. The summed E-state index contributed by atoms with van der Waals surface area (Å²) >= 11 is 0. The third kappa shape index (κ3) is 4.02. The molecular formula is C46H39N. The van der Waals surface area contributed by atoms with Crippen LogP contribution in [0, 0.1) is 23.7 Å². The van der Waals surface area contributed by atoms with Crippen LogP contribution in [0.25, 0.3) is 33.4 Å². The normalized spacial score (nSPS) is 24.7. The second-order valence-corrected chi connectivity index (χ2v) is 14.6. The highest BCUT2D eigenvalue weighted by Gasteiger charge is 2.61. The standard InChI is InChI=1S/C46H39N/c1-3-13-33(14-4-1)35-17-11-18-38(30-35)47(43-23-10-8-19-39(43)34-15-5-2-6-16-34)44-24-12-22-42-45(44)40-20-7-9-21-41(40)46(42)36-26-31-25-32(28-36)29-37(46)27-31/h1-24,30-32,36-37H,25-29H2. The minimum atomic E-state index is 0.131. The van der Waals surface area contributed by atoms with E-state index in [0.29, 0.717) is 0 Å². The van der Waals surface area contributed by atoms with Crippen LogP contribution in [0.4, 0.5) is 17.1 Å². The van der Waals surface area contributed by atoms with Gasteiger partial charge in [0.15, 0.2) is 0 Å². The molecule has 228 valence electrons. The number of hydrogen-bond acceptors (Lipinski definition) is 1. The van der Waals surface area contributed by atoms with Crippen molar-refractivity contribution < 1.29 is 0 Å². The molecule has 1 spiro atoms. The highest BCUT2D eigenvalue weighted by molar-refractivity contribution is 5.98. The summed E-state index contributed by atoms with van der Waals surface area (Å²) in [5, 5.41) is 0. The molecular weight excluding hydrogens is 567 g/mol. The van der Waals surface area contributed by atoms with Gasteiger partial charge in [0.25, 0.3) is 0 Å². The van der Waals surface area contributed by atoms with Gasteiger partial charge in [0.2, 0.25) is 0 Å². The molecule has 6 aromatic carbocycles. The van der Waals surface area contributed by atoms with Crippen LogP contribution in [0.2, 0.25) is 0 Å². The molecule has 4 bridgehead atoms. The number of rotatable bonds is 5. The van der Waals surface area contributed by atoms with Crippen LogP contribution in [0.3, 0.4) is 0 Å². The molecule has 11 rings (SSSR count). The Hall–Kier alpha value is -4.88. The Kier molecular flexibility index (Phi) is 6.13. The zero-order valence-electron chi connectivity index (χ0n) is 26.7. The van der Waals surface area contributed by atoms with E-state index < -0.39 is 0 Å². The van der Waals surface area contributed by atoms with Crippen molar-refractivity contribution in [3.63, 3.8) is 0 Å². The Morgan fingerprint density at radius 3 is 1.72 bits per heavy atom. The van der Waals surface area contributed by atoms with Gasteiger partial charge < -0.3 is 4.90 Å². The van der Waals surface area contributed by atoms with E-state index in [1.807, 2.05) is 0 Å². The van der Waals surface area contributed by atoms with Crippen LogP contribution < -0.4 is 4.90 Å².